The number of rotatable bonds is 9. The van der Waals surface area contributed by atoms with Gasteiger partial charge in [-0.2, -0.15) is 11.8 Å². The summed E-state index contributed by atoms with van der Waals surface area (Å²) < 4.78 is 7.72. The summed E-state index contributed by atoms with van der Waals surface area (Å²) >= 11 is 1.74. The first kappa shape index (κ1) is 20.2. The van der Waals surface area contributed by atoms with Crippen LogP contribution in [0.4, 0.5) is 0 Å². The molecule has 3 heterocycles. The number of hydrogen-bond acceptors (Lipinski definition) is 6. The highest BCUT2D eigenvalue weighted by Crippen LogP contribution is 2.21. The van der Waals surface area contributed by atoms with Gasteiger partial charge in [-0.15, -0.1) is 10.2 Å². The van der Waals surface area contributed by atoms with E-state index in [-0.39, 0.29) is 11.9 Å². The van der Waals surface area contributed by atoms with E-state index in [2.05, 4.69) is 20.5 Å². The maximum absolute atomic E-state index is 12.7. The number of nitrogens with one attached hydrogen (secondary N) is 1. The number of hydrogen-bond donors (Lipinski definition) is 1. The maximum Gasteiger partial charge on any atom is 0.221 e. The molecule has 0 aliphatic rings. The maximum atomic E-state index is 12.7. The standard InChI is InChI=1S/C22H23N5O2S/c1-30-14-12-17(22-26-25-19-9-5-6-13-27(19)22)24-20(28)10-11-21-23-15-18(29-21)16-7-3-2-4-8-16/h2-9,13,15,17H,10-12,14H2,1H3,(H,24,28)/t17-/m1/s1. The van der Waals surface area contributed by atoms with Crippen LogP contribution in [-0.2, 0) is 11.2 Å². The van der Waals surface area contributed by atoms with Gasteiger partial charge >= 0.3 is 0 Å². The molecule has 0 spiro atoms. The largest absolute Gasteiger partial charge is 0.441 e. The van der Waals surface area contributed by atoms with Crippen LogP contribution in [0.25, 0.3) is 17.0 Å². The molecule has 1 amide bonds. The summed E-state index contributed by atoms with van der Waals surface area (Å²) in [6, 6.07) is 15.3. The van der Waals surface area contributed by atoms with Gasteiger partial charge in [0.2, 0.25) is 5.91 Å². The van der Waals surface area contributed by atoms with Gasteiger partial charge in [-0.3, -0.25) is 9.20 Å². The Morgan fingerprint density at radius 1 is 1.17 bits per heavy atom. The van der Waals surface area contributed by atoms with Gasteiger partial charge in [-0.1, -0.05) is 36.4 Å². The Kier molecular flexibility index (Phi) is 6.44. The van der Waals surface area contributed by atoms with E-state index in [9.17, 15) is 4.79 Å². The molecule has 3 aromatic heterocycles. The summed E-state index contributed by atoms with van der Waals surface area (Å²) in [6.07, 6.45) is 7.18. The summed E-state index contributed by atoms with van der Waals surface area (Å²) in [5.74, 6) is 2.85. The van der Waals surface area contributed by atoms with Gasteiger partial charge in [-0.05, 0) is 30.6 Å². The number of amides is 1. The number of aromatic nitrogens is 4. The van der Waals surface area contributed by atoms with Crippen molar-refractivity contribution < 1.29 is 9.21 Å². The number of thioether (sulfide) groups is 1. The highest BCUT2D eigenvalue weighted by atomic mass is 32.2. The van der Waals surface area contributed by atoms with Crippen LogP contribution in [-0.4, -0.2) is 37.5 Å². The number of nitrogens with zero attached hydrogens (tertiary/aromatic N) is 4. The van der Waals surface area contributed by atoms with Crippen molar-refractivity contribution in [1.29, 1.82) is 0 Å². The molecule has 30 heavy (non-hydrogen) atoms. The van der Waals surface area contributed by atoms with Gasteiger partial charge < -0.3 is 9.73 Å². The summed E-state index contributed by atoms with van der Waals surface area (Å²) in [7, 11) is 0. The van der Waals surface area contributed by atoms with Gasteiger partial charge in [0.25, 0.3) is 0 Å². The normalized spacial score (nSPS) is 12.2. The third-order valence-electron chi connectivity index (χ3n) is 4.78. The van der Waals surface area contributed by atoms with E-state index < -0.39 is 0 Å². The third-order valence-corrected chi connectivity index (χ3v) is 5.42. The molecule has 1 atom stereocenters. The molecule has 0 radical (unpaired) electrons. The molecule has 7 nitrogen and oxygen atoms in total. The van der Waals surface area contributed by atoms with Gasteiger partial charge in [0.15, 0.2) is 23.1 Å². The first-order valence-corrected chi connectivity index (χ1v) is 11.2. The topological polar surface area (TPSA) is 85.3 Å². The Bertz CT molecular complexity index is 1110. The Hall–Kier alpha value is -3.13. The SMILES string of the molecule is CSCC[C@@H](NC(=O)CCc1ncc(-c2ccccc2)o1)c1nnc2ccccn12. The minimum absolute atomic E-state index is 0.0618. The fraction of sp³-hybridized carbons (Fsp3) is 0.273. The van der Waals surface area contributed by atoms with Crippen LogP contribution in [0.5, 0.6) is 0 Å². The number of fused-ring (bicyclic) bond motifs is 1. The Morgan fingerprint density at radius 2 is 2.00 bits per heavy atom. The molecule has 0 fully saturated rings. The van der Waals surface area contributed by atoms with Gasteiger partial charge in [0.05, 0.1) is 12.2 Å². The molecule has 0 saturated heterocycles. The van der Waals surface area contributed by atoms with Crippen molar-refractivity contribution in [3.8, 4) is 11.3 Å². The molecular formula is C22H23N5O2S. The highest BCUT2D eigenvalue weighted by molar-refractivity contribution is 7.98. The molecule has 154 valence electrons. The minimum Gasteiger partial charge on any atom is -0.441 e. The van der Waals surface area contributed by atoms with Crippen LogP contribution in [0.2, 0.25) is 0 Å². The number of pyridine rings is 1. The average molecular weight is 422 g/mol. The second-order valence-corrected chi connectivity index (χ2v) is 7.86. The Balaban J connectivity index is 1.40. The van der Waals surface area contributed by atoms with Crippen molar-refractivity contribution in [3.05, 3.63) is 72.6 Å². The number of benzene rings is 1. The summed E-state index contributed by atoms with van der Waals surface area (Å²) in [6.45, 7) is 0. The fourth-order valence-corrected chi connectivity index (χ4v) is 3.72. The van der Waals surface area contributed by atoms with Gasteiger partial charge in [0.1, 0.15) is 0 Å². The van der Waals surface area contributed by atoms with Crippen LogP contribution in [0.15, 0.2) is 65.3 Å². The molecule has 1 N–H and O–H groups in total. The molecule has 0 unspecified atom stereocenters. The molecule has 0 saturated carbocycles. The highest BCUT2D eigenvalue weighted by Gasteiger charge is 2.20. The quantitative estimate of drug-likeness (QED) is 0.441. The van der Waals surface area contributed by atoms with Crippen LogP contribution in [0.1, 0.15) is 30.6 Å². The van der Waals surface area contributed by atoms with E-state index in [1.165, 1.54) is 0 Å². The Morgan fingerprint density at radius 3 is 2.83 bits per heavy atom. The smallest absolute Gasteiger partial charge is 0.221 e. The number of carbonyl (C=O) groups is 1. The molecule has 1 aromatic carbocycles. The lowest BCUT2D eigenvalue weighted by Crippen LogP contribution is -2.30. The average Bonchev–Trinajstić information content (AvgIpc) is 3.43. The molecule has 8 heteroatoms. The first-order valence-electron chi connectivity index (χ1n) is 9.82. The van der Waals surface area contributed by atoms with Crippen LogP contribution >= 0.6 is 11.8 Å². The van der Waals surface area contributed by atoms with Crippen LogP contribution in [0, 0.1) is 0 Å². The minimum atomic E-state index is -0.202. The van der Waals surface area contributed by atoms with Crippen molar-refractivity contribution in [1.82, 2.24) is 24.9 Å². The number of carbonyl (C=O) groups excluding carboxylic acids is 1. The predicted molar refractivity (Wildman–Crippen MR) is 117 cm³/mol. The zero-order chi connectivity index (χ0) is 20.8. The van der Waals surface area contributed by atoms with E-state index in [1.54, 1.807) is 18.0 Å². The first-order chi connectivity index (χ1) is 14.7. The van der Waals surface area contributed by atoms with Crippen LogP contribution < -0.4 is 5.32 Å². The fourth-order valence-electron chi connectivity index (χ4n) is 3.25. The third kappa shape index (κ3) is 4.71. The van der Waals surface area contributed by atoms with E-state index in [1.807, 2.05) is 65.4 Å². The zero-order valence-corrected chi connectivity index (χ0v) is 17.5. The van der Waals surface area contributed by atoms with E-state index in [4.69, 9.17) is 4.42 Å². The van der Waals surface area contributed by atoms with Gasteiger partial charge in [-0.25, -0.2) is 4.98 Å². The number of oxazole rings is 1. The molecule has 0 aliphatic heterocycles. The molecule has 4 rings (SSSR count). The monoisotopic (exact) mass is 421 g/mol. The predicted octanol–water partition coefficient (Wildman–Crippen LogP) is 3.93. The Labute approximate surface area is 178 Å². The summed E-state index contributed by atoms with van der Waals surface area (Å²) in [4.78, 5) is 17.0. The van der Waals surface area contributed by atoms with Gasteiger partial charge in [0, 0.05) is 24.6 Å². The lowest BCUT2D eigenvalue weighted by molar-refractivity contribution is -0.122. The van der Waals surface area contributed by atoms with E-state index in [0.29, 0.717) is 24.5 Å². The van der Waals surface area contributed by atoms with Crippen molar-refractivity contribution in [3.63, 3.8) is 0 Å². The van der Waals surface area contributed by atoms with Crippen molar-refractivity contribution >= 4 is 23.3 Å². The second-order valence-electron chi connectivity index (χ2n) is 6.87. The lowest BCUT2D eigenvalue weighted by atomic mass is 10.2. The van der Waals surface area contributed by atoms with E-state index in [0.717, 1.165) is 29.2 Å². The lowest BCUT2D eigenvalue weighted by Gasteiger charge is -2.16. The zero-order valence-electron chi connectivity index (χ0n) is 16.7. The molecular weight excluding hydrogens is 398 g/mol. The summed E-state index contributed by atoms with van der Waals surface area (Å²) in [5.41, 5.74) is 1.74. The molecule has 0 bridgehead atoms. The van der Waals surface area contributed by atoms with Crippen molar-refractivity contribution in [2.75, 3.05) is 12.0 Å². The summed E-state index contributed by atoms with van der Waals surface area (Å²) in [5, 5.41) is 11.6. The van der Waals surface area contributed by atoms with Crippen LogP contribution in [0.3, 0.4) is 0 Å². The van der Waals surface area contributed by atoms with Crippen molar-refractivity contribution in [2.45, 2.75) is 25.3 Å². The number of aryl methyl sites for hydroxylation is 1. The van der Waals surface area contributed by atoms with E-state index >= 15 is 0 Å². The molecule has 4 aromatic rings. The molecule has 0 aliphatic carbocycles. The second kappa shape index (κ2) is 9.58. The van der Waals surface area contributed by atoms with Crippen molar-refractivity contribution in [2.24, 2.45) is 0 Å².